The molecule has 2 heterocycles. The zero-order chi connectivity index (χ0) is 15.7. The van der Waals surface area contributed by atoms with Gasteiger partial charge in [-0.05, 0) is 25.1 Å². The normalized spacial score (nSPS) is 12.3. The highest BCUT2D eigenvalue weighted by molar-refractivity contribution is 6.30. The summed E-state index contributed by atoms with van der Waals surface area (Å²) in [5.74, 6) is -1.54. The topological polar surface area (TPSA) is 81.1 Å². The van der Waals surface area contributed by atoms with Crippen molar-refractivity contribution in [3.63, 3.8) is 0 Å². The van der Waals surface area contributed by atoms with E-state index in [9.17, 15) is 9.90 Å². The van der Waals surface area contributed by atoms with Crippen LogP contribution in [-0.2, 0) is 4.79 Å². The van der Waals surface area contributed by atoms with Gasteiger partial charge in [0.25, 0.3) is 0 Å². The Morgan fingerprint density at radius 2 is 2.09 bits per heavy atom. The van der Waals surface area contributed by atoms with Gasteiger partial charge in [0.05, 0.1) is 0 Å². The van der Waals surface area contributed by atoms with Crippen molar-refractivity contribution in [1.82, 2.24) is 14.8 Å². The lowest BCUT2D eigenvalue weighted by Gasteiger charge is -2.05. The number of carboxylic acid groups (broad SMARTS) is 1. The molecule has 2 aromatic heterocycles. The van der Waals surface area contributed by atoms with E-state index in [1.807, 2.05) is 0 Å². The fourth-order valence-electron chi connectivity index (χ4n) is 2.02. The number of carboxylic acids is 1. The second-order valence-corrected chi connectivity index (χ2v) is 5.16. The summed E-state index contributed by atoms with van der Waals surface area (Å²) in [6.07, 6.45) is 3.26. The summed E-state index contributed by atoms with van der Waals surface area (Å²) in [7, 11) is 0. The fourth-order valence-corrected chi connectivity index (χ4v) is 2.15. The van der Waals surface area contributed by atoms with Crippen molar-refractivity contribution in [3.05, 3.63) is 53.5 Å². The summed E-state index contributed by atoms with van der Waals surface area (Å²) in [4.78, 5) is 15.7. The summed E-state index contributed by atoms with van der Waals surface area (Å²) >= 11 is 5.89. The van der Waals surface area contributed by atoms with Gasteiger partial charge in [0.15, 0.2) is 0 Å². The van der Waals surface area contributed by atoms with Crippen LogP contribution < -0.4 is 0 Å². The Bertz CT molecular complexity index is 794. The molecule has 0 saturated carbocycles. The van der Waals surface area contributed by atoms with Crippen LogP contribution >= 0.6 is 11.6 Å². The molecular weight excluding hydrogens is 306 g/mol. The molecule has 1 N–H and O–H groups in total. The number of hydrogen-bond acceptors (Lipinski definition) is 4. The SMILES string of the molecule is CC(C(=O)O)c1oc(-n2cccn2)nc1-c1ccc(Cl)cc1. The Balaban J connectivity index is 2.14. The number of aliphatic carboxylic acids is 1. The van der Waals surface area contributed by atoms with E-state index in [2.05, 4.69) is 10.1 Å². The van der Waals surface area contributed by atoms with E-state index < -0.39 is 11.9 Å². The van der Waals surface area contributed by atoms with E-state index in [4.69, 9.17) is 16.0 Å². The molecule has 0 amide bonds. The van der Waals surface area contributed by atoms with Crippen molar-refractivity contribution in [2.24, 2.45) is 0 Å². The largest absolute Gasteiger partial charge is 0.481 e. The molecule has 1 aromatic carbocycles. The van der Waals surface area contributed by atoms with Crippen LogP contribution in [0.25, 0.3) is 17.3 Å². The highest BCUT2D eigenvalue weighted by Gasteiger charge is 2.26. The lowest BCUT2D eigenvalue weighted by molar-refractivity contribution is -0.138. The maximum absolute atomic E-state index is 11.3. The van der Waals surface area contributed by atoms with Crippen LogP contribution in [0.2, 0.25) is 5.02 Å². The van der Waals surface area contributed by atoms with E-state index in [1.54, 1.807) is 49.6 Å². The summed E-state index contributed by atoms with van der Waals surface area (Å²) in [6, 6.07) is 8.92. The Morgan fingerprint density at radius 1 is 1.36 bits per heavy atom. The smallest absolute Gasteiger partial charge is 0.323 e. The zero-order valence-electron chi connectivity index (χ0n) is 11.6. The number of oxazole rings is 1. The first-order valence-corrected chi connectivity index (χ1v) is 6.93. The van der Waals surface area contributed by atoms with Gasteiger partial charge in [-0.3, -0.25) is 4.79 Å². The van der Waals surface area contributed by atoms with Crippen molar-refractivity contribution < 1.29 is 14.3 Å². The van der Waals surface area contributed by atoms with Crippen molar-refractivity contribution >= 4 is 17.6 Å². The van der Waals surface area contributed by atoms with E-state index >= 15 is 0 Å². The second-order valence-electron chi connectivity index (χ2n) is 4.73. The van der Waals surface area contributed by atoms with Gasteiger partial charge in [0, 0.05) is 23.0 Å². The molecule has 112 valence electrons. The number of benzene rings is 1. The molecule has 0 aliphatic rings. The first-order valence-electron chi connectivity index (χ1n) is 6.55. The van der Waals surface area contributed by atoms with E-state index in [1.165, 1.54) is 4.68 Å². The summed E-state index contributed by atoms with van der Waals surface area (Å²) in [6.45, 7) is 1.55. The van der Waals surface area contributed by atoms with Crippen molar-refractivity contribution in [3.8, 4) is 17.3 Å². The number of halogens is 1. The second kappa shape index (κ2) is 5.65. The number of hydrogen-bond donors (Lipinski definition) is 1. The third-order valence-electron chi connectivity index (χ3n) is 3.22. The number of carbonyl (C=O) groups is 1. The third-order valence-corrected chi connectivity index (χ3v) is 3.48. The molecule has 0 spiro atoms. The molecule has 22 heavy (non-hydrogen) atoms. The summed E-state index contributed by atoms with van der Waals surface area (Å²) < 4.78 is 7.08. The van der Waals surface area contributed by atoms with Crippen molar-refractivity contribution in [2.75, 3.05) is 0 Å². The van der Waals surface area contributed by atoms with E-state index in [-0.39, 0.29) is 11.8 Å². The molecule has 0 saturated heterocycles. The Hall–Kier alpha value is -2.60. The molecule has 3 rings (SSSR count). The Kier molecular flexibility index (Phi) is 3.68. The van der Waals surface area contributed by atoms with Gasteiger partial charge in [-0.25, -0.2) is 0 Å². The Morgan fingerprint density at radius 3 is 2.68 bits per heavy atom. The van der Waals surface area contributed by atoms with Gasteiger partial charge in [-0.15, -0.1) is 0 Å². The van der Waals surface area contributed by atoms with Crippen LogP contribution in [0.1, 0.15) is 18.6 Å². The van der Waals surface area contributed by atoms with E-state index in [0.29, 0.717) is 10.7 Å². The molecule has 0 bridgehead atoms. The monoisotopic (exact) mass is 317 g/mol. The lowest BCUT2D eigenvalue weighted by atomic mass is 10.0. The average molecular weight is 318 g/mol. The molecule has 6 nitrogen and oxygen atoms in total. The van der Waals surface area contributed by atoms with Crippen LogP contribution in [0.3, 0.4) is 0 Å². The number of nitrogens with zero attached hydrogens (tertiary/aromatic N) is 3. The molecule has 0 fully saturated rings. The standard InChI is InChI=1S/C15H12ClN3O3/c1-9(14(20)21)13-12(10-3-5-11(16)6-4-10)18-15(22-13)19-8-2-7-17-19/h2-9H,1H3,(H,20,21). The zero-order valence-corrected chi connectivity index (χ0v) is 12.4. The minimum atomic E-state index is -0.988. The van der Waals surface area contributed by atoms with Gasteiger partial charge in [0.1, 0.15) is 17.4 Å². The van der Waals surface area contributed by atoms with Gasteiger partial charge in [-0.1, -0.05) is 23.7 Å². The Labute approximate surface area is 131 Å². The number of aromatic nitrogens is 3. The van der Waals surface area contributed by atoms with Crippen LogP contribution in [0.15, 0.2) is 47.1 Å². The summed E-state index contributed by atoms with van der Waals surface area (Å²) in [5.41, 5.74) is 1.20. The van der Waals surface area contributed by atoms with Gasteiger partial charge in [0.2, 0.25) is 0 Å². The number of rotatable bonds is 4. The molecule has 0 aliphatic carbocycles. The first-order chi connectivity index (χ1) is 10.6. The molecular formula is C15H12ClN3O3. The van der Waals surface area contributed by atoms with E-state index in [0.717, 1.165) is 5.56 Å². The van der Waals surface area contributed by atoms with Gasteiger partial charge in [-0.2, -0.15) is 14.8 Å². The van der Waals surface area contributed by atoms with Crippen LogP contribution in [0.4, 0.5) is 0 Å². The fraction of sp³-hybridized carbons (Fsp3) is 0.133. The third kappa shape index (κ3) is 2.60. The lowest BCUT2D eigenvalue weighted by Crippen LogP contribution is -2.07. The van der Waals surface area contributed by atoms with Crippen LogP contribution in [0, 0.1) is 0 Å². The van der Waals surface area contributed by atoms with Crippen molar-refractivity contribution in [1.29, 1.82) is 0 Å². The molecule has 7 heteroatoms. The molecule has 0 aliphatic heterocycles. The first kappa shape index (κ1) is 14.3. The highest BCUT2D eigenvalue weighted by Crippen LogP contribution is 2.31. The summed E-state index contributed by atoms with van der Waals surface area (Å²) in [5, 5.41) is 13.9. The van der Waals surface area contributed by atoms with Gasteiger partial charge < -0.3 is 9.52 Å². The molecule has 3 aromatic rings. The van der Waals surface area contributed by atoms with Crippen LogP contribution in [-0.4, -0.2) is 25.8 Å². The predicted octanol–water partition coefficient (Wildman–Crippen LogP) is 3.37. The maximum Gasteiger partial charge on any atom is 0.323 e. The molecule has 0 radical (unpaired) electrons. The van der Waals surface area contributed by atoms with Gasteiger partial charge >= 0.3 is 12.0 Å². The average Bonchev–Trinajstić information content (AvgIpc) is 3.16. The minimum absolute atomic E-state index is 0.220. The molecule has 1 unspecified atom stereocenters. The predicted molar refractivity (Wildman–Crippen MR) is 80.1 cm³/mol. The quantitative estimate of drug-likeness (QED) is 0.798. The highest BCUT2D eigenvalue weighted by atomic mass is 35.5. The van der Waals surface area contributed by atoms with Crippen LogP contribution in [0.5, 0.6) is 0 Å². The van der Waals surface area contributed by atoms with Crippen molar-refractivity contribution in [2.45, 2.75) is 12.8 Å². The molecule has 1 atom stereocenters. The maximum atomic E-state index is 11.3. The minimum Gasteiger partial charge on any atom is -0.481 e.